The molecular weight excluding hydrogens is 246 g/mol. The highest BCUT2D eigenvalue weighted by atomic mass is 35.5. The summed E-state index contributed by atoms with van der Waals surface area (Å²) >= 11 is 5.71. The van der Waals surface area contributed by atoms with Gasteiger partial charge in [0.2, 0.25) is 5.91 Å². The van der Waals surface area contributed by atoms with Crippen molar-refractivity contribution in [2.45, 2.75) is 46.1 Å². The largest absolute Gasteiger partial charge is 0.353 e. The molecule has 1 aromatic rings. The van der Waals surface area contributed by atoms with Crippen molar-refractivity contribution in [2.24, 2.45) is 0 Å². The Labute approximate surface area is 115 Å². The number of carbonyl (C=O) groups excluding carboxylic acids is 1. The molecule has 0 bridgehead atoms. The first kappa shape index (κ1) is 15.0. The van der Waals surface area contributed by atoms with Crippen LogP contribution >= 0.6 is 11.6 Å². The van der Waals surface area contributed by atoms with Gasteiger partial charge in [-0.25, -0.2) is 0 Å². The first-order valence-corrected chi connectivity index (χ1v) is 7.01. The topological polar surface area (TPSA) is 29.1 Å². The van der Waals surface area contributed by atoms with Gasteiger partial charge in [-0.15, -0.1) is 11.6 Å². The average Bonchev–Trinajstić information content (AvgIpc) is 2.33. The van der Waals surface area contributed by atoms with Crippen LogP contribution in [0.1, 0.15) is 36.5 Å². The van der Waals surface area contributed by atoms with Crippen LogP contribution in [0.15, 0.2) is 18.2 Å². The molecule has 0 aromatic heterocycles. The maximum Gasteiger partial charge on any atom is 0.224 e. The van der Waals surface area contributed by atoms with Crippen molar-refractivity contribution in [1.29, 1.82) is 0 Å². The molecule has 0 fully saturated rings. The van der Waals surface area contributed by atoms with Crippen molar-refractivity contribution in [3.63, 3.8) is 0 Å². The van der Waals surface area contributed by atoms with Gasteiger partial charge in [-0.3, -0.25) is 4.79 Å². The zero-order valence-electron chi connectivity index (χ0n) is 11.4. The summed E-state index contributed by atoms with van der Waals surface area (Å²) in [5.41, 5.74) is 3.46. The minimum atomic E-state index is 0.0840. The third-order valence-electron chi connectivity index (χ3n) is 3.17. The van der Waals surface area contributed by atoms with Gasteiger partial charge >= 0.3 is 0 Å². The van der Waals surface area contributed by atoms with Gasteiger partial charge in [-0.1, -0.05) is 30.7 Å². The lowest BCUT2D eigenvalue weighted by atomic mass is 10.0. The standard InChI is InChI=1S/C15H22ClNO/c1-4-14(7-8-16)17-15(18)10-13-9-11(2)5-6-12(13)3/h5-6,9,14H,4,7-8,10H2,1-3H3,(H,17,18). The minimum absolute atomic E-state index is 0.0840. The molecule has 0 aliphatic heterocycles. The third-order valence-corrected chi connectivity index (χ3v) is 3.39. The maximum absolute atomic E-state index is 12.0. The van der Waals surface area contributed by atoms with Gasteiger partial charge in [0.15, 0.2) is 0 Å². The van der Waals surface area contributed by atoms with Crippen molar-refractivity contribution in [3.8, 4) is 0 Å². The van der Waals surface area contributed by atoms with E-state index in [1.165, 1.54) is 11.1 Å². The van der Waals surface area contributed by atoms with E-state index in [0.29, 0.717) is 12.3 Å². The molecule has 0 aliphatic carbocycles. The molecule has 1 N–H and O–H groups in total. The molecule has 1 amide bonds. The second-order valence-electron chi connectivity index (χ2n) is 4.76. The Morgan fingerprint density at radius 1 is 1.39 bits per heavy atom. The van der Waals surface area contributed by atoms with E-state index in [0.717, 1.165) is 18.4 Å². The first-order chi connectivity index (χ1) is 8.56. The molecule has 18 heavy (non-hydrogen) atoms. The number of hydrogen-bond donors (Lipinski definition) is 1. The summed E-state index contributed by atoms with van der Waals surface area (Å²) < 4.78 is 0. The van der Waals surface area contributed by atoms with Crippen LogP contribution in [0.5, 0.6) is 0 Å². The van der Waals surface area contributed by atoms with Gasteiger partial charge in [-0.05, 0) is 37.8 Å². The molecule has 1 unspecified atom stereocenters. The van der Waals surface area contributed by atoms with Gasteiger partial charge in [0, 0.05) is 11.9 Å². The highest BCUT2D eigenvalue weighted by molar-refractivity contribution is 6.17. The lowest BCUT2D eigenvalue weighted by molar-refractivity contribution is -0.121. The number of amides is 1. The van der Waals surface area contributed by atoms with Crippen molar-refractivity contribution in [1.82, 2.24) is 5.32 Å². The Morgan fingerprint density at radius 2 is 2.11 bits per heavy atom. The number of aryl methyl sites for hydroxylation is 2. The van der Waals surface area contributed by atoms with Gasteiger partial charge in [0.25, 0.3) is 0 Å². The van der Waals surface area contributed by atoms with Crippen molar-refractivity contribution >= 4 is 17.5 Å². The van der Waals surface area contributed by atoms with Crippen molar-refractivity contribution in [3.05, 3.63) is 34.9 Å². The van der Waals surface area contributed by atoms with Gasteiger partial charge in [0.05, 0.1) is 6.42 Å². The van der Waals surface area contributed by atoms with E-state index in [2.05, 4.69) is 30.4 Å². The smallest absolute Gasteiger partial charge is 0.224 e. The molecule has 0 saturated carbocycles. The number of rotatable bonds is 6. The van der Waals surface area contributed by atoms with E-state index in [4.69, 9.17) is 11.6 Å². The Kier molecular flexibility index (Phi) is 6.20. The fraction of sp³-hybridized carbons (Fsp3) is 0.533. The van der Waals surface area contributed by atoms with E-state index in [-0.39, 0.29) is 11.9 Å². The first-order valence-electron chi connectivity index (χ1n) is 6.48. The molecule has 1 atom stereocenters. The highest BCUT2D eigenvalue weighted by Gasteiger charge is 2.11. The number of alkyl halides is 1. The number of halogens is 1. The third kappa shape index (κ3) is 4.69. The lowest BCUT2D eigenvalue weighted by Crippen LogP contribution is -2.35. The van der Waals surface area contributed by atoms with Gasteiger partial charge < -0.3 is 5.32 Å². The minimum Gasteiger partial charge on any atom is -0.353 e. The Balaban J connectivity index is 2.61. The zero-order valence-corrected chi connectivity index (χ0v) is 12.2. The number of carbonyl (C=O) groups is 1. The summed E-state index contributed by atoms with van der Waals surface area (Å²) in [5, 5.41) is 3.04. The summed E-state index contributed by atoms with van der Waals surface area (Å²) in [6, 6.07) is 6.41. The van der Waals surface area contributed by atoms with Crippen LogP contribution in [-0.4, -0.2) is 17.8 Å². The summed E-state index contributed by atoms with van der Waals surface area (Å²) in [7, 11) is 0. The molecule has 0 aliphatic rings. The predicted molar refractivity (Wildman–Crippen MR) is 77.2 cm³/mol. The molecule has 1 rings (SSSR count). The fourth-order valence-corrected chi connectivity index (χ4v) is 2.22. The second-order valence-corrected chi connectivity index (χ2v) is 5.14. The molecule has 0 radical (unpaired) electrons. The Morgan fingerprint density at radius 3 is 2.72 bits per heavy atom. The zero-order chi connectivity index (χ0) is 13.5. The van der Waals surface area contributed by atoms with Crippen LogP contribution in [-0.2, 0) is 11.2 Å². The van der Waals surface area contributed by atoms with Gasteiger partial charge in [-0.2, -0.15) is 0 Å². The summed E-state index contributed by atoms with van der Waals surface area (Å²) in [6.45, 7) is 6.15. The molecule has 0 spiro atoms. The van der Waals surface area contributed by atoms with Crippen LogP contribution < -0.4 is 5.32 Å². The van der Waals surface area contributed by atoms with E-state index in [1.54, 1.807) is 0 Å². The SMILES string of the molecule is CCC(CCCl)NC(=O)Cc1cc(C)ccc1C. The van der Waals surface area contributed by atoms with Gasteiger partial charge in [0.1, 0.15) is 0 Å². The second kappa shape index (κ2) is 7.42. The van der Waals surface area contributed by atoms with Crippen LogP contribution in [0.3, 0.4) is 0 Å². The van der Waals surface area contributed by atoms with E-state index < -0.39 is 0 Å². The monoisotopic (exact) mass is 267 g/mol. The molecule has 3 heteroatoms. The molecule has 100 valence electrons. The number of hydrogen-bond acceptors (Lipinski definition) is 1. The van der Waals surface area contributed by atoms with E-state index >= 15 is 0 Å². The fourth-order valence-electron chi connectivity index (χ4n) is 1.95. The Hall–Kier alpha value is -1.02. The summed E-state index contributed by atoms with van der Waals surface area (Å²) in [4.78, 5) is 12.0. The van der Waals surface area contributed by atoms with Crippen LogP contribution in [0.25, 0.3) is 0 Å². The predicted octanol–water partition coefficient (Wildman–Crippen LogP) is 3.37. The van der Waals surface area contributed by atoms with Crippen LogP contribution in [0.4, 0.5) is 0 Å². The Bertz CT molecular complexity index is 403. The normalized spacial score (nSPS) is 12.2. The molecule has 0 saturated heterocycles. The molecule has 1 aromatic carbocycles. The molecule has 2 nitrogen and oxygen atoms in total. The number of benzene rings is 1. The highest BCUT2D eigenvalue weighted by Crippen LogP contribution is 2.11. The molecule has 0 heterocycles. The van der Waals surface area contributed by atoms with E-state index in [9.17, 15) is 4.79 Å². The average molecular weight is 268 g/mol. The lowest BCUT2D eigenvalue weighted by Gasteiger charge is -2.16. The molecular formula is C15H22ClNO. The van der Waals surface area contributed by atoms with Crippen molar-refractivity contribution < 1.29 is 4.79 Å². The van der Waals surface area contributed by atoms with Crippen molar-refractivity contribution in [2.75, 3.05) is 5.88 Å². The van der Waals surface area contributed by atoms with Crippen LogP contribution in [0.2, 0.25) is 0 Å². The summed E-state index contributed by atoms with van der Waals surface area (Å²) in [5.74, 6) is 0.670. The summed E-state index contributed by atoms with van der Waals surface area (Å²) in [6.07, 6.45) is 2.20. The number of nitrogens with one attached hydrogen (secondary N) is 1. The van der Waals surface area contributed by atoms with Crippen LogP contribution in [0, 0.1) is 13.8 Å². The van der Waals surface area contributed by atoms with E-state index in [1.807, 2.05) is 13.8 Å². The quantitative estimate of drug-likeness (QED) is 0.787. The maximum atomic E-state index is 12.0.